The summed E-state index contributed by atoms with van der Waals surface area (Å²) in [6.45, 7) is 11.8. The number of amides is 2. The summed E-state index contributed by atoms with van der Waals surface area (Å²) in [5.41, 5.74) is 1.50. The predicted molar refractivity (Wildman–Crippen MR) is 132 cm³/mol. The third kappa shape index (κ3) is 5.75. The molecule has 36 heavy (non-hydrogen) atoms. The number of likely N-dealkylation sites (tertiary alicyclic amines) is 1. The number of hydrogen-bond donors (Lipinski definition) is 1. The summed E-state index contributed by atoms with van der Waals surface area (Å²) >= 11 is 0. The average molecular weight is 504 g/mol. The molecular formula is C26H37N3O7. The Kier molecular flexibility index (Phi) is 7.21. The number of carboxylic acid groups (broad SMARTS) is 1. The minimum Gasteiger partial charge on any atom is -0.479 e. The maximum atomic E-state index is 13.4. The molecule has 198 valence electrons. The van der Waals surface area contributed by atoms with Gasteiger partial charge in [0.15, 0.2) is 18.0 Å². The first kappa shape index (κ1) is 26.2. The molecule has 0 aliphatic carbocycles. The Hall–Kier alpha value is -2.85. The summed E-state index contributed by atoms with van der Waals surface area (Å²) in [5, 5.41) is 9.57. The molecule has 0 bridgehead atoms. The van der Waals surface area contributed by atoms with Crippen molar-refractivity contribution in [1.29, 1.82) is 0 Å². The number of ether oxygens (including phenoxy) is 3. The van der Waals surface area contributed by atoms with E-state index in [0.717, 1.165) is 24.1 Å². The summed E-state index contributed by atoms with van der Waals surface area (Å²) in [4.78, 5) is 43.2. The Morgan fingerprint density at radius 3 is 2.33 bits per heavy atom. The molecule has 0 unspecified atom stereocenters. The van der Waals surface area contributed by atoms with Gasteiger partial charge in [0, 0.05) is 38.4 Å². The molecule has 1 N–H and O–H groups in total. The number of anilines is 1. The highest BCUT2D eigenvalue weighted by molar-refractivity contribution is 5.89. The van der Waals surface area contributed by atoms with Gasteiger partial charge in [0.1, 0.15) is 5.60 Å². The number of nitrogens with zero attached hydrogens (tertiary/aromatic N) is 3. The smallest absolute Gasteiger partial charge is 0.410 e. The third-order valence-electron chi connectivity index (χ3n) is 6.67. The average Bonchev–Trinajstić information content (AvgIpc) is 3.42. The number of rotatable bonds is 4. The van der Waals surface area contributed by atoms with Crippen molar-refractivity contribution in [2.24, 2.45) is 0 Å². The maximum Gasteiger partial charge on any atom is 0.410 e. The molecule has 1 aromatic rings. The molecule has 1 aromatic carbocycles. The van der Waals surface area contributed by atoms with Gasteiger partial charge in [-0.15, -0.1) is 0 Å². The monoisotopic (exact) mass is 503 g/mol. The van der Waals surface area contributed by atoms with Gasteiger partial charge in [0.2, 0.25) is 0 Å². The number of carbonyl (C=O) groups is 3. The van der Waals surface area contributed by atoms with Crippen LogP contribution in [-0.2, 0) is 23.8 Å². The zero-order valence-electron chi connectivity index (χ0n) is 21.7. The van der Waals surface area contributed by atoms with E-state index in [9.17, 15) is 19.5 Å². The third-order valence-corrected chi connectivity index (χ3v) is 6.67. The fourth-order valence-electron chi connectivity index (χ4n) is 5.07. The highest BCUT2D eigenvalue weighted by Gasteiger charge is 2.51. The second-order valence-electron chi connectivity index (χ2n) is 11.1. The van der Waals surface area contributed by atoms with Crippen molar-refractivity contribution in [2.45, 2.75) is 77.1 Å². The van der Waals surface area contributed by atoms with Gasteiger partial charge in [-0.1, -0.05) is 12.1 Å². The van der Waals surface area contributed by atoms with Gasteiger partial charge in [0.25, 0.3) is 5.91 Å². The van der Waals surface area contributed by atoms with E-state index in [2.05, 4.69) is 11.0 Å². The van der Waals surface area contributed by atoms with Crippen LogP contribution in [0.1, 0.15) is 59.1 Å². The zero-order valence-corrected chi connectivity index (χ0v) is 21.7. The molecule has 2 amide bonds. The second-order valence-corrected chi connectivity index (χ2v) is 11.1. The van der Waals surface area contributed by atoms with Crippen molar-refractivity contribution >= 4 is 23.7 Å². The van der Waals surface area contributed by atoms with Crippen molar-refractivity contribution in [3.05, 3.63) is 29.8 Å². The predicted octanol–water partition coefficient (Wildman–Crippen LogP) is 3.01. The van der Waals surface area contributed by atoms with E-state index < -0.39 is 29.6 Å². The van der Waals surface area contributed by atoms with E-state index in [1.54, 1.807) is 23.6 Å². The molecule has 3 aliphatic heterocycles. The number of piperazine rings is 1. The summed E-state index contributed by atoms with van der Waals surface area (Å²) in [6.07, 6.45) is -1.19. The Balaban J connectivity index is 1.44. The molecule has 3 aliphatic rings. The Morgan fingerprint density at radius 1 is 1.03 bits per heavy atom. The SMILES string of the molecule is CC(C)(C)OC(=O)N1CCN(c2cccc([C@H]3CCCN3C(=O)[C@@H]3OC(C)(C)O[C@H]3C(=O)O)c2)CC1. The number of hydrogen-bond acceptors (Lipinski definition) is 7. The van der Waals surface area contributed by atoms with Crippen molar-refractivity contribution in [3.63, 3.8) is 0 Å². The number of carboxylic acids is 1. The molecule has 10 nitrogen and oxygen atoms in total. The fraction of sp³-hybridized carbons (Fsp3) is 0.654. The number of carbonyl (C=O) groups excluding carboxylic acids is 2. The van der Waals surface area contributed by atoms with Crippen LogP contribution in [0.2, 0.25) is 0 Å². The van der Waals surface area contributed by atoms with Crippen LogP contribution in [0.15, 0.2) is 24.3 Å². The first-order chi connectivity index (χ1) is 16.8. The lowest BCUT2D eigenvalue weighted by Gasteiger charge is -2.37. The maximum absolute atomic E-state index is 13.4. The molecule has 0 spiro atoms. The highest BCUT2D eigenvalue weighted by atomic mass is 16.8. The van der Waals surface area contributed by atoms with Gasteiger partial charge in [-0.05, 0) is 65.2 Å². The Morgan fingerprint density at radius 2 is 1.69 bits per heavy atom. The van der Waals surface area contributed by atoms with Crippen LogP contribution in [0.3, 0.4) is 0 Å². The molecule has 4 rings (SSSR count). The van der Waals surface area contributed by atoms with Crippen molar-refractivity contribution in [1.82, 2.24) is 9.80 Å². The lowest BCUT2D eigenvalue weighted by Crippen LogP contribution is -2.50. The Bertz CT molecular complexity index is 997. The van der Waals surface area contributed by atoms with E-state index in [4.69, 9.17) is 14.2 Å². The fourth-order valence-corrected chi connectivity index (χ4v) is 5.07. The van der Waals surface area contributed by atoms with E-state index in [-0.39, 0.29) is 18.0 Å². The quantitative estimate of drug-likeness (QED) is 0.668. The lowest BCUT2D eigenvalue weighted by molar-refractivity contribution is -0.167. The second kappa shape index (κ2) is 9.89. The summed E-state index contributed by atoms with van der Waals surface area (Å²) in [6, 6.07) is 7.93. The molecule has 0 radical (unpaired) electrons. The number of aliphatic carboxylic acids is 1. The summed E-state index contributed by atoms with van der Waals surface area (Å²) < 4.78 is 16.7. The van der Waals surface area contributed by atoms with Crippen molar-refractivity contribution in [3.8, 4) is 0 Å². The Labute approximate surface area is 212 Å². The molecule has 3 fully saturated rings. The van der Waals surface area contributed by atoms with E-state index in [1.165, 1.54) is 0 Å². The van der Waals surface area contributed by atoms with Gasteiger partial charge in [0.05, 0.1) is 6.04 Å². The first-order valence-corrected chi connectivity index (χ1v) is 12.6. The van der Waals surface area contributed by atoms with Crippen LogP contribution < -0.4 is 4.90 Å². The van der Waals surface area contributed by atoms with Gasteiger partial charge >= 0.3 is 12.1 Å². The van der Waals surface area contributed by atoms with E-state index >= 15 is 0 Å². The molecular weight excluding hydrogens is 466 g/mol. The van der Waals surface area contributed by atoms with E-state index in [0.29, 0.717) is 32.7 Å². The summed E-state index contributed by atoms with van der Waals surface area (Å²) in [5.74, 6) is -2.70. The van der Waals surface area contributed by atoms with Crippen LogP contribution in [0.25, 0.3) is 0 Å². The van der Waals surface area contributed by atoms with Gasteiger partial charge in [-0.25, -0.2) is 9.59 Å². The molecule has 3 atom stereocenters. The van der Waals surface area contributed by atoms with Gasteiger partial charge in [-0.3, -0.25) is 4.79 Å². The molecule has 0 aromatic heterocycles. The van der Waals surface area contributed by atoms with Crippen LogP contribution in [0.5, 0.6) is 0 Å². The van der Waals surface area contributed by atoms with Gasteiger partial charge < -0.3 is 34.0 Å². The van der Waals surface area contributed by atoms with Gasteiger partial charge in [-0.2, -0.15) is 0 Å². The number of benzene rings is 1. The molecule has 0 saturated carbocycles. The minimum atomic E-state index is -1.33. The normalized spacial score (nSPS) is 26.2. The first-order valence-electron chi connectivity index (χ1n) is 12.6. The van der Waals surface area contributed by atoms with Crippen LogP contribution in [-0.4, -0.2) is 89.2 Å². The largest absolute Gasteiger partial charge is 0.479 e. The molecule has 3 saturated heterocycles. The van der Waals surface area contributed by atoms with Crippen molar-refractivity contribution in [2.75, 3.05) is 37.6 Å². The highest BCUT2D eigenvalue weighted by Crippen LogP contribution is 2.37. The summed E-state index contributed by atoms with van der Waals surface area (Å²) in [7, 11) is 0. The van der Waals surface area contributed by atoms with Crippen LogP contribution in [0.4, 0.5) is 10.5 Å². The topological polar surface area (TPSA) is 109 Å². The molecule has 10 heteroatoms. The zero-order chi connectivity index (χ0) is 26.3. The van der Waals surface area contributed by atoms with Crippen LogP contribution in [0, 0.1) is 0 Å². The lowest BCUT2D eigenvalue weighted by atomic mass is 10.0. The standard InChI is InChI=1S/C26H37N3O7/c1-25(2,3)36-24(33)28-14-12-27(13-15-28)18-9-6-8-17(16-18)19-10-7-11-29(19)22(30)20-21(23(31)32)35-26(4,5)34-20/h6,8-9,16,19-21H,7,10-15H2,1-5H3,(H,31,32)/t19-,20-,21-/m1/s1. The van der Waals surface area contributed by atoms with Crippen LogP contribution >= 0.6 is 0 Å². The van der Waals surface area contributed by atoms with E-state index in [1.807, 2.05) is 39.0 Å². The van der Waals surface area contributed by atoms with Crippen molar-refractivity contribution < 1.29 is 33.7 Å². The minimum absolute atomic E-state index is 0.165. The molecule has 3 heterocycles.